The molecule has 2 aromatic heterocycles. The Balaban J connectivity index is 2.78. The highest BCUT2D eigenvalue weighted by atomic mass is 35.5. The van der Waals surface area contributed by atoms with Crippen molar-refractivity contribution in [1.29, 1.82) is 0 Å². The van der Waals surface area contributed by atoms with E-state index in [-0.39, 0.29) is 26.7 Å². The molecule has 0 spiro atoms. The summed E-state index contributed by atoms with van der Waals surface area (Å²) >= 11 is 6.90. The lowest BCUT2D eigenvalue weighted by Crippen LogP contribution is -2.16. The summed E-state index contributed by atoms with van der Waals surface area (Å²) in [4.78, 5) is 23.2. The maximum Gasteiger partial charge on any atom is 0.349 e. The van der Waals surface area contributed by atoms with E-state index >= 15 is 0 Å². The van der Waals surface area contributed by atoms with Crippen LogP contribution in [0.15, 0.2) is 10.9 Å². The molecule has 0 amide bonds. The van der Waals surface area contributed by atoms with Gasteiger partial charge in [-0.05, 0) is 6.92 Å². The number of esters is 1. The van der Waals surface area contributed by atoms with Crippen LogP contribution in [0.25, 0.3) is 10.2 Å². The summed E-state index contributed by atoms with van der Waals surface area (Å²) in [5, 5.41) is 0.0487. The summed E-state index contributed by atoms with van der Waals surface area (Å²) in [5.41, 5.74) is -0.301. The standard InChI is InChI=1S/C11H9ClFNO3S/c1-3-17-11(16)10-7(12)8-9(18-10)5(13)4-6(15)14(8)2/h4H,3H2,1-2H3. The number of hydrogen-bond donors (Lipinski definition) is 0. The first-order valence-corrected chi connectivity index (χ1v) is 6.31. The summed E-state index contributed by atoms with van der Waals surface area (Å²) in [6.45, 7) is 1.86. The molecule has 18 heavy (non-hydrogen) atoms. The van der Waals surface area contributed by atoms with Crippen LogP contribution in [0.4, 0.5) is 4.39 Å². The zero-order chi connectivity index (χ0) is 13.4. The molecule has 2 heterocycles. The maximum atomic E-state index is 13.7. The zero-order valence-electron chi connectivity index (χ0n) is 9.62. The number of aromatic nitrogens is 1. The predicted molar refractivity (Wildman–Crippen MR) is 68.0 cm³/mol. The Kier molecular flexibility index (Phi) is 3.41. The van der Waals surface area contributed by atoms with Crippen LogP contribution in [0.2, 0.25) is 5.02 Å². The number of thiophene rings is 1. The molecule has 7 heteroatoms. The molecule has 2 rings (SSSR count). The van der Waals surface area contributed by atoms with Crippen molar-refractivity contribution in [2.45, 2.75) is 6.92 Å². The second-order valence-corrected chi connectivity index (χ2v) is 4.93. The van der Waals surface area contributed by atoms with Gasteiger partial charge in [-0.2, -0.15) is 0 Å². The van der Waals surface area contributed by atoms with E-state index in [0.29, 0.717) is 0 Å². The van der Waals surface area contributed by atoms with E-state index in [2.05, 4.69) is 0 Å². The van der Waals surface area contributed by atoms with E-state index in [1.165, 1.54) is 11.6 Å². The van der Waals surface area contributed by atoms with Gasteiger partial charge in [0.2, 0.25) is 0 Å². The summed E-state index contributed by atoms with van der Waals surface area (Å²) in [6.07, 6.45) is 0. The summed E-state index contributed by atoms with van der Waals surface area (Å²) in [6, 6.07) is 0.865. The van der Waals surface area contributed by atoms with Gasteiger partial charge in [-0.1, -0.05) is 11.6 Å². The van der Waals surface area contributed by atoms with Gasteiger partial charge < -0.3 is 9.30 Å². The molecule has 0 aliphatic rings. The number of fused-ring (bicyclic) bond motifs is 1. The van der Waals surface area contributed by atoms with Crippen molar-refractivity contribution in [2.75, 3.05) is 6.61 Å². The highest BCUT2D eigenvalue weighted by Gasteiger charge is 2.22. The van der Waals surface area contributed by atoms with Gasteiger partial charge in [0.05, 0.1) is 21.8 Å². The Labute approximate surface area is 111 Å². The van der Waals surface area contributed by atoms with E-state index in [1.54, 1.807) is 6.92 Å². The average Bonchev–Trinajstić information content (AvgIpc) is 2.65. The van der Waals surface area contributed by atoms with Crippen LogP contribution >= 0.6 is 22.9 Å². The first-order chi connectivity index (χ1) is 8.47. The van der Waals surface area contributed by atoms with Crippen molar-refractivity contribution >= 4 is 39.1 Å². The van der Waals surface area contributed by atoms with E-state index < -0.39 is 17.3 Å². The van der Waals surface area contributed by atoms with Gasteiger partial charge >= 0.3 is 5.97 Å². The minimum absolute atomic E-state index is 0.0487. The topological polar surface area (TPSA) is 48.3 Å². The van der Waals surface area contributed by atoms with E-state index in [0.717, 1.165) is 17.4 Å². The molecule has 0 saturated heterocycles. The van der Waals surface area contributed by atoms with Crippen molar-refractivity contribution in [3.05, 3.63) is 32.1 Å². The van der Waals surface area contributed by atoms with Crippen LogP contribution in [0.3, 0.4) is 0 Å². The SMILES string of the molecule is CCOC(=O)c1sc2c(F)cc(=O)n(C)c2c1Cl. The molecule has 0 aliphatic carbocycles. The second kappa shape index (κ2) is 4.70. The molecule has 0 atom stereocenters. The zero-order valence-corrected chi connectivity index (χ0v) is 11.2. The van der Waals surface area contributed by atoms with Gasteiger partial charge in [-0.3, -0.25) is 4.79 Å². The fourth-order valence-corrected chi connectivity index (χ4v) is 3.07. The number of carbonyl (C=O) groups excluding carboxylic acids is 1. The number of hydrogen-bond acceptors (Lipinski definition) is 4. The molecule has 0 fully saturated rings. The lowest BCUT2D eigenvalue weighted by molar-refractivity contribution is 0.0532. The second-order valence-electron chi connectivity index (χ2n) is 3.53. The predicted octanol–water partition coefficient (Wildman–Crippen LogP) is 2.57. The number of nitrogens with zero attached hydrogens (tertiary/aromatic N) is 1. The molecule has 0 N–H and O–H groups in total. The third kappa shape index (κ3) is 1.91. The molecule has 0 aromatic carbocycles. The van der Waals surface area contributed by atoms with E-state index in [1.807, 2.05) is 0 Å². The number of halogens is 2. The third-order valence-corrected chi connectivity index (χ3v) is 4.07. The van der Waals surface area contributed by atoms with Crippen molar-refractivity contribution in [3.8, 4) is 0 Å². The Bertz CT molecular complexity index is 692. The fourth-order valence-electron chi connectivity index (χ4n) is 1.57. The van der Waals surface area contributed by atoms with Crippen LogP contribution in [0, 0.1) is 5.82 Å². The molecule has 2 aromatic rings. The van der Waals surface area contributed by atoms with Gasteiger partial charge in [0.1, 0.15) is 10.7 Å². The third-order valence-electron chi connectivity index (χ3n) is 2.42. The van der Waals surface area contributed by atoms with Crippen molar-refractivity contribution in [2.24, 2.45) is 7.05 Å². The van der Waals surface area contributed by atoms with Crippen LogP contribution in [-0.2, 0) is 11.8 Å². The number of carbonyl (C=O) groups is 1. The van der Waals surface area contributed by atoms with Crippen molar-refractivity contribution in [1.82, 2.24) is 4.57 Å². The van der Waals surface area contributed by atoms with Gasteiger partial charge in [0.25, 0.3) is 5.56 Å². The molecular weight excluding hydrogens is 281 g/mol. The maximum absolute atomic E-state index is 13.7. The summed E-state index contributed by atoms with van der Waals surface area (Å²) in [5.74, 6) is -1.30. The highest BCUT2D eigenvalue weighted by molar-refractivity contribution is 7.21. The van der Waals surface area contributed by atoms with Crippen LogP contribution in [-0.4, -0.2) is 17.1 Å². The number of pyridine rings is 1. The Hall–Kier alpha value is -1.40. The average molecular weight is 290 g/mol. The molecule has 4 nitrogen and oxygen atoms in total. The first-order valence-electron chi connectivity index (χ1n) is 5.12. The van der Waals surface area contributed by atoms with E-state index in [9.17, 15) is 14.0 Å². The molecule has 96 valence electrons. The lowest BCUT2D eigenvalue weighted by Gasteiger charge is -2.01. The van der Waals surface area contributed by atoms with E-state index in [4.69, 9.17) is 16.3 Å². The molecular formula is C11H9ClFNO3S. The van der Waals surface area contributed by atoms with Gasteiger partial charge in [-0.25, -0.2) is 9.18 Å². The minimum atomic E-state index is -0.685. The smallest absolute Gasteiger partial charge is 0.349 e. The summed E-state index contributed by atoms with van der Waals surface area (Å²) in [7, 11) is 1.47. The van der Waals surface area contributed by atoms with Crippen LogP contribution in [0.1, 0.15) is 16.6 Å². The molecule has 0 bridgehead atoms. The van der Waals surface area contributed by atoms with Crippen LogP contribution in [0.5, 0.6) is 0 Å². The first kappa shape index (κ1) is 13.0. The molecule has 0 aliphatic heterocycles. The normalized spacial score (nSPS) is 10.9. The number of rotatable bonds is 2. The highest BCUT2D eigenvalue weighted by Crippen LogP contribution is 2.36. The largest absolute Gasteiger partial charge is 0.462 e. The van der Waals surface area contributed by atoms with Gasteiger partial charge in [-0.15, -0.1) is 11.3 Å². The number of ether oxygens (including phenoxy) is 1. The molecule has 0 unspecified atom stereocenters. The van der Waals surface area contributed by atoms with Crippen LogP contribution < -0.4 is 5.56 Å². The minimum Gasteiger partial charge on any atom is -0.462 e. The molecule has 0 radical (unpaired) electrons. The van der Waals surface area contributed by atoms with Gasteiger partial charge in [0.15, 0.2) is 0 Å². The van der Waals surface area contributed by atoms with Crippen molar-refractivity contribution < 1.29 is 13.9 Å². The van der Waals surface area contributed by atoms with Crippen molar-refractivity contribution in [3.63, 3.8) is 0 Å². The van der Waals surface area contributed by atoms with Gasteiger partial charge in [0, 0.05) is 13.1 Å². The number of aryl methyl sites for hydroxylation is 1. The monoisotopic (exact) mass is 289 g/mol. The lowest BCUT2D eigenvalue weighted by atomic mass is 10.3. The Morgan fingerprint density at radius 1 is 1.61 bits per heavy atom. The summed E-state index contributed by atoms with van der Waals surface area (Å²) < 4.78 is 19.9. The fraction of sp³-hybridized carbons (Fsp3) is 0.273. The Morgan fingerprint density at radius 3 is 2.89 bits per heavy atom. The molecule has 0 saturated carbocycles. The quantitative estimate of drug-likeness (QED) is 0.798. The Morgan fingerprint density at radius 2 is 2.28 bits per heavy atom.